The summed E-state index contributed by atoms with van der Waals surface area (Å²) >= 11 is 1.32. The molecule has 1 aromatic rings. The Morgan fingerprint density at radius 2 is 2.14 bits per heavy atom. The monoisotopic (exact) mass is 304 g/mol. The second-order valence-electron chi connectivity index (χ2n) is 4.96. The smallest absolute Gasteiger partial charge is 0.306 e. The predicted molar refractivity (Wildman–Crippen MR) is 79.0 cm³/mol. The van der Waals surface area contributed by atoms with E-state index >= 15 is 0 Å². The summed E-state index contributed by atoms with van der Waals surface area (Å²) in [6, 6.07) is 9.09. The summed E-state index contributed by atoms with van der Waals surface area (Å²) in [4.78, 5) is 24.0. The molecule has 6 heteroatoms. The summed E-state index contributed by atoms with van der Waals surface area (Å²) < 4.78 is 0. The van der Waals surface area contributed by atoms with Crippen LogP contribution in [0.1, 0.15) is 29.6 Å². The van der Waals surface area contributed by atoms with Gasteiger partial charge in [0.15, 0.2) is 0 Å². The molecule has 1 aliphatic carbocycles. The van der Waals surface area contributed by atoms with Crippen LogP contribution in [0, 0.1) is 17.2 Å². The number of hydrogen-bond donors (Lipinski definition) is 2. The number of hydrogen-bond acceptors (Lipinski definition) is 4. The van der Waals surface area contributed by atoms with Crippen molar-refractivity contribution in [3.8, 4) is 6.07 Å². The van der Waals surface area contributed by atoms with Gasteiger partial charge in [0.2, 0.25) is 0 Å². The molecular weight excluding hydrogens is 288 g/mol. The van der Waals surface area contributed by atoms with Crippen molar-refractivity contribution in [1.82, 2.24) is 5.32 Å². The topological polar surface area (TPSA) is 90.2 Å². The normalized spacial score (nSPS) is 20.7. The van der Waals surface area contributed by atoms with Crippen LogP contribution in [0.3, 0.4) is 0 Å². The van der Waals surface area contributed by atoms with Crippen LogP contribution in [0.4, 0.5) is 0 Å². The van der Waals surface area contributed by atoms with Gasteiger partial charge in [-0.15, -0.1) is 11.8 Å². The number of carbonyl (C=O) groups excluding carboxylic acids is 1. The van der Waals surface area contributed by atoms with Crippen molar-refractivity contribution in [1.29, 1.82) is 5.26 Å². The molecule has 2 atom stereocenters. The highest BCUT2D eigenvalue weighted by Gasteiger charge is 2.30. The van der Waals surface area contributed by atoms with E-state index in [0.717, 1.165) is 4.90 Å². The third-order valence-electron chi connectivity index (χ3n) is 3.54. The first-order valence-corrected chi connectivity index (χ1v) is 7.73. The summed E-state index contributed by atoms with van der Waals surface area (Å²) in [6.45, 7) is 0. The number of nitrogens with zero attached hydrogens (tertiary/aromatic N) is 1. The van der Waals surface area contributed by atoms with Gasteiger partial charge in [-0.3, -0.25) is 9.59 Å². The van der Waals surface area contributed by atoms with Crippen LogP contribution in [0.2, 0.25) is 0 Å². The molecular formula is C15H16N2O3S. The molecule has 110 valence electrons. The van der Waals surface area contributed by atoms with Gasteiger partial charge in [-0.1, -0.05) is 12.1 Å². The minimum absolute atomic E-state index is 0.0902. The fourth-order valence-electron chi connectivity index (χ4n) is 2.49. The summed E-state index contributed by atoms with van der Waals surface area (Å²) in [6.07, 6.45) is 1.77. The van der Waals surface area contributed by atoms with Gasteiger partial charge in [0.05, 0.1) is 23.3 Å². The molecule has 0 aromatic heterocycles. The quantitative estimate of drug-likeness (QED) is 0.814. The van der Waals surface area contributed by atoms with Crippen molar-refractivity contribution in [2.45, 2.75) is 30.2 Å². The first kappa shape index (κ1) is 15.4. The van der Waals surface area contributed by atoms with E-state index in [1.54, 1.807) is 12.1 Å². The molecule has 5 nitrogen and oxygen atoms in total. The number of carbonyl (C=O) groups is 2. The lowest BCUT2D eigenvalue weighted by Gasteiger charge is -2.14. The summed E-state index contributed by atoms with van der Waals surface area (Å²) in [7, 11) is 0. The Labute approximate surface area is 127 Å². The second kappa shape index (κ2) is 7.14. The maximum atomic E-state index is 12.3. The number of rotatable bonds is 5. The zero-order valence-corrected chi connectivity index (χ0v) is 12.2. The molecule has 2 rings (SSSR count). The van der Waals surface area contributed by atoms with Crippen molar-refractivity contribution in [2.75, 3.05) is 5.75 Å². The fourth-order valence-corrected chi connectivity index (χ4v) is 3.20. The maximum Gasteiger partial charge on any atom is 0.306 e. The van der Waals surface area contributed by atoms with Gasteiger partial charge in [-0.2, -0.15) is 5.26 Å². The Kier molecular flexibility index (Phi) is 5.23. The summed E-state index contributed by atoms with van der Waals surface area (Å²) in [5, 5.41) is 20.5. The summed E-state index contributed by atoms with van der Waals surface area (Å²) in [5.41, 5.74) is 0.538. The molecule has 1 saturated carbocycles. The number of carboxylic acid groups (broad SMARTS) is 1. The van der Waals surface area contributed by atoms with Crippen LogP contribution in [-0.4, -0.2) is 28.8 Å². The van der Waals surface area contributed by atoms with Crippen molar-refractivity contribution >= 4 is 23.6 Å². The largest absolute Gasteiger partial charge is 0.481 e. The van der Waals surface area contributed by atoms with Crippen molar-refractivity contribution in [3.63, 3.8) is 0 Å². The predicted octanol–water partition coefficient (Wildman–Crippen LogP) is 2.29. The van der Waals surface area contributed by atoms with Gasteiger partial charge in [0.25, 0.3) is 5.91 Å². The lowest BCUT2D eigenvalue weighted by Crippen LogP contribution is -2.33. The second-order valence-corrected chi connectivity index (χ2v) is 5.98. The van der Waals surface area contributed by atoms with E-state index in [1.165, 1.54) is 11.8 Å². The first-order valence-electron chi connectivity index (χ1n) is 6.74. The molecule has 1 aliphatic rings. The number of aliphatic carboxylic acids is 1. The number of thioether (sulfide) groups is 1. The van der Waals surface area contributed by atoms with Crippen molar-refractivity contribution < 1.29 is 14.7 Å². The van der Waals surface area contributed by atoms with E-state index in [2.05, 4.69) is 5.32 Å². The van der Waals surface area contributed by atoms with Crippen LogP contribution in [-0.2, 0) is 4.79 Å². The molecule has 1 amide bonds. The van der Waals surface area contributed by atoms with Crippen LogP contribution in [0.5, 0.6) is 0 Å². The maximum absolute atomic E-state index is 12.3. The number of benzene rings is 1. The van der Waals surface area contributed by atoms with E-state index in [4.69, 9.17) is 10.4 Å². The molecule has 0 heterocycles. The third-order valence-corrected chi connectivity index (χ3v) is 4.48. The van der Waals surface area contributed by atoms with Crippen LogP contribution >= 0.6 is 11.8 Å². The lowest BCUT2D eigenvalue weighted by molar-refractivity contribution is -0.141. The van der Waals surface area contributed by atoms with Gasteiger partial charge < -0.3 is 10.4 Å². The molecule has 2 N–H and O–H groups in total. The molecule has 0 saturated heterocycles. The summed E-state index contributed by atoms with van der Waals surface area (Å²) in [5.74, 6) is -1.07. The Bertz CT molecular complexity index is 583. The van der Waals surface area contributed by atoms with E-state index in [0.29, 0.717) is 24.8 Å². The fraction of sp³-hybridized carbons (Fsp3) is 0.400. The van der Waals surface area contributed by atoms with Crippen molar-refractivity contribution in [3.05, 3.63) is 29.8 Å². The Morgan fingerprint density at radius 1 is 1.38 bits per heavy atom. The average Bonchev–Trinajstić information content (AvgIpc) is 2.94. The van der Waals surface area contributed by atoms with E-state index in [1.807, 2.05) is 18.2 Å². The number of nitrogens with one attached hydrogen (secondary N) is 1. The highest BCUT2D eigenvalue weighted by molar-refractivity contribution is 7.99. The van der Waals surface area contributed by atoms with Gasteiger partial charge in [0.1, 0.15) is 0 Å². The molecule has 2 unspecified atom stereocenters. The highest BCUT2D eigenvalue weighted by atomic mass is 32.2. The minimum atomic E-state index is -0.795. The SMILES string of the molecule is N#CCSc1ccccc1C(=O)NC1CCC(C(=O)O)C1. The van der Waals surface area contributed by atoms with Gasteiger partial charge in [0, 0.05) is 10.9 Å². The van der Waals surface area contributed by atoms with E-state index < -0.39 is 5.97 Å². The van der Waals surface area contributed by atoms with Gasteiger partial charge in [-0.05, 0) is 31.4 Å². The molecule has 0 spiro atoms. The van der Waals surface area contributed by atoms with Crippen LogP contribution in [0.15, 0.2) is 29.2 Å². The minimum Gasteiger partial charge on any atom is -0.481 e. The third kappa shape index (κ3) is 3.99. The zero-order chi connectivity index (χ0) is 15.2. The van der Waals surface area contributed by atoms with E-state index in [9.17, 15) is 9.59 Å². The standard InChI is InChI=1S/C15H16N2O3S/c16-7-8-21-13-4-2-1-3-12(13)14(18)17-11-6-5-10(9-11)15(19)20/h1-4,10-11H,5-6,8-9H2,(H,17,18)(H,19,20). The first-order chi connectivity index (χ1) is 10.1. The van der Waals surface area contributed by atoms with Crippen molar-refractivity contribution in [2.24, 2.45) is 5.92 Å². The van der Waals surface area contributed by atoms with Crippen LogP contribution in [0.25, 0.3) is 0 Å². The molecule has 0 bridgehead atoms. The molecule has 21 heavy (non-hydrogen) atoms. The Hall–Kier alpha value is -2.00. The molecule has 0 radical (unpaired) electrons. The average molecular weight is 304 g/mol. The lowest BCUT2D eigenvalue weighted by atomic mass is 10.1. The van der Waals surface area contributed by atoms with Gasteiger partial charge >= 0.3 is 5.97 Å². The highest BCUT2D eigenvalue weighted by Crippen LogP contribution is 2.27. The Balaban J connectivity index is 2.01. The Morgan fingerprint density at radius 3 is 2.81 bits per heavy atom. The molecule has 0 aliphatic heterocycles. The van der Waals surface area contributed by atoms with Gasteiger partial charge in [-0.25, -0.2) is 0 Å². The molecule has 1 aromatic carbocycles. The number of amides is 1. The van der Waals surface area contributed by atoms with E-state index in [-0.39, 0.29) is 23.6 Å². The zero-order valence-electron chi connectivity index (χ0n) is 11.4. The molecule has 1 fully saturated rings. The number of nitriles is 1. The number of carboxylic acids is 1. The van der Waals surface area contributed by atoms with Crippen LogP contribution < -0.4 is 5.32 Å².